The molecular formula is C16H26O. The molecule has 0 N–H and O–H groups in total. The molecule has 1 atom stereocenters. The fourth-order valence-corrected chi connectivity index (χ4v) is 3.05. The van der Waals surface area contributed by atoms with E-state index in [1.807, 2.05) is 6.92 Å². The highest BCUT2D eigenvalue weighted by Crippen LogP contribution is 2.52. The SMILES string of the molecule is C/C=C\C=C1\C(C)(C)CC(=O)CC1(C)C(C)C. The third kappa shape index (κ3) is 2.70. The molecule has 1 heteroatoms. The average molecular weight is 234 g/mol. The quantitative estimate of drug-likeness (QED) is 0.685. The fraction of sp³-hybridized carbons (Fsp3) is 0.688. The van der Waals surface area contributed by atoms with E-state index in [-0.39, 0.29) is 10.8 Å². The van der Waals surface area contributed by atoms with Gasteiger partial charge in [-0.2, -0.15) is 0 Å². The van der Waals surface area contributed by atoms with Gasteiger partial charge in [0.2, 0.25) is 0 Å². The highest BCUT2D eigenvalue weighted by molar-refractivity contribution is 5.82. The van der Waals surface area contributed by atoms with Crippen LogP contribution in [0.25, 0.3) is 0 Å². The molecule has 0 heterocycles. The first-order valence-corrected chi connectivity index (χ1v) is 6.59. The van der Waals surface area contributed by atoms with Gasteiger partial charge in [0.1, 0.15) is 5.78 Å². The minimum absolute atomic E-state index is 0.00609. The van der Waals surface area contributed by atoms with Crippen molar-refractivity contribution in [2.24, 2.45) is 16.7 Å². The van der Waals surface area contributed by atoms with E-state index in [0.717, 1.165) is 0 Å². The van der Waals surface area contributed by atoms with Crippen molar-refractivity contribution in [3.8, 4) is 0 Å². The predicted octanol–water partition coefficient (Wildman–Crippen LogP) is 4.54. The van der Waals surface area contributed by atoms with Gasteiger partial charge in [0.15, 0.2) is 0 Å². The van der Waals surface area contributed by atoms with Crippen LogP contribution in [-0.4, -0.2) is 5.78 Å². The molecule has 96 valence electrons. The van der Waals surface area contributed by atoms with Crippen LogP contribution >= 0.6 is 0 Å². The molecule has 0 aromatic rings. The van der Waals surface area contributed by atoms with Gasteiger partial charge in [-0.3, -0.25) is 4.79 Å². The lowest BCUT2D eigenvalue weighted by Crippen LogP contribution is -2.41. The van der Waals surface area contributed by atoms with Gasteiger partial charge < -0.3 is 0 Å². The maximum Gasteiger partial charge on any atom is 0.134 e. The van der Waals surface area contributed by atoms with Crippen LogP contribution in [0, 0.1) is 16.7 Å². The monoisotopic (exact) mass is 234 g/mol. The van der Waals surface area contributed by atoms with E-state index >= 15 is 0 Å². The Morgan fingerprint density at radius 2 is 1.76 bits per heavy atom. The number of allylic oxidation sites excluding steroid dienone is 4. The Bertz CT molecular complexity index is 358. The van der Waals surface area contributed by atoms with Gasteiger partial charge in [-0.1, -0.05) is 58.4 Å². The summed E-state index contributed by atoms with van der Waals surface area (Å²) < 4.78 is 0. The topological polar surface area (TPSA) is 17.1 Å². The van der Waals surface area contributed by atoms with E-state index in [4.69, 9.17) is 0 Å². The van der Waals surface area contributed by atoms with Gasteiger partial charge in [-0.25, -0.2) is 0 Å². The lowest BCUT2D eigenvalue weighted by atomic mass is 9.56. The molecule has 1 unspecified atom stereocenters. The van der Waals surface area contributed by atoms with E-state index in [1.165, 1.54) is 5.57 Å². The number of carbonyl (C=O) groups excluding carboxylic acids is 1. The van der Waals surface area contributed by atoms with Crippen LogP contribution in [0.5, 0.6) is 0 Å². The zero-order valence-corrected chi connectivity index (χ0v) is 12.1. The third-order valence-corrected chi connectivity index (χ3v) is 4.28. The summed E-state index contributed by atoms with van der Waals surface area (Å²) >= 11 is 0. The third-order valence-electron chi connectivity index (χ3n) is 4.28. The van der Waals surface area contributed by atoms with Gasteiger partial charge >= 0.3 is 0 Å². The Morgan fingerprint density at radius 3 is 2.24 bits per heavy atom. The first kappa shape index (κ1) is 14.2. The Morgan fingerprint density at radius 1 is 1.18 bits per heavy atom. The summed E-state index contributed by atoms with van der Waals surface area (Å²) in [7, 11) is 0. The van der Waals surface area contributed by atoms with Crippen molar-refractivity contribution >= 4 is 5.78 Å². The molecular weight excluding hydrogens is 208 g/mol. The molecule has 1 saturated carbocycles. The maximum absolute atomic E-state index is 12.0. The molecule has 1 fully saturated rings. The summed E-state index contributed by atoms with van der Waals surface area (Å²) in [6.45, 7) is 13.1. The van der Waals surface area contributed by atoms with Gasteiger partial charge in [0.25, 0.3) is 0 Å². The molecule has 17 heavy (non-hydrogen) atoms. The van der Waals surface area contributed by atoms with Crippen LogP contribution in [0.3, 0.4) is 0 Å². The molecule has 0 spiro atoms. The van der Waals surface area contributed by atoms with Crippen LogP contribution in [-0.2, 0) is 4.79 Å². The Kier molecular flexibility index (Phi) is 4.01. The predicted molar refractivity (Wildman–Crippen MR) is 73.9 cm³/mol. The van der Waals surface area contributed by atoms with Crippen LogP contribution in [0.4, 0.5) is 0 Å². The van der Waals surface area contributed by atoms with Gasteiger partial charge in [0.05, 0.1) is 0 Å². The van der Waals surface area contributed by atoms with Crippen molar-refractivity contribution in [2.45, 2.75) is 54.4 Å². The number of hydrogen-bond acceptors (Lipinski definition) is 1. The van der Waals surface area contributed by atoms with Crippen molar-refractivity contribution in [3.05, 3.63) is 23.8 Å². The first-order valence-electron chi connectivity index (χ1n) is 6.59. The Balaban J connectivity index is 3.28. The number of rotatable bonds is 2. The molecule has 0 amide bonds. The second kappa shape index (κ2) is 4.80. The molecule has 1 aliphatic carbocycles. The van der Waals surface area contributed by atoms with Gasteiger partial charge in [0, 0.05) is 12.8 Å². The zero-order valence-electron chi connectivity index (χ0n) is 12.1. The lowest BCUT2D eigenvalue weighted by Gasteiger charge is -2.47. The highest BCUT2D eigenvalue weighted by Gasteiger charge is 2.46. The van der Waals surface area contributed by atoms with Crippen LogP contribution in [0.2, 0.25) is 0 Å². The smallest absolute Gasteiger partial charge is 0.134 e. The van der Waals surface area contributed by atoms with Crippen LogP contribution in [0.1, 0.15) is 54.4 Å². The summed E-state index contributed by atoms with van der Waals surface area (Å²) in [5, 5.41) is 0. The van der Waals surface area contributed by atoms with Crippen molar-refractivity contribution in [3.63, 3.8) is 0 Å². The summed E-state index contributed by atoms with van der Waals surface area (Å²) in [4.78, 5) is 12.0. The molecule has 0 bridgehead atoms. The standard InChI is InChI=1S/C16H26O/c1-7-8-9-14-15(4,5)10-13(17)11-16(14,6)12(2)3/h7-9,12H,10-11H2,1-6H3/b8-7-,14-9-. The largest absolute Gasteiger partial charge is 0.300 e. The number of hydrogen-bond donors (Lipinski definition) is 0. The van der Waals surface area contributed by atoms with E-state index in [1.54, 1.807) is 0 Å². The minimum atomic E-state index is -0.00609. The second-order valence-corrected chi connectivity index (χ2v) is 6.45. The summed E-state index contributed by atoms with van der Waals surface area (Å²) in [5.41, 5.74) is 1.43. The molecule has 0 radical (unpaired) electrons. The van der Waals surface area contributed by atoms with E-state index in [2.05, 4.69) is 52.8 Å². The van der Waals surface area contributed by atoms with Crippen molar-refractivity contribution in [1.82, 2.24) is 0 Å². The second-order valence-electron chi connectivity index (χ2n) is 6.45. The molecule has 1 aliphatic rings. The highest BCUT2D eigenvalue weighted by atomic mass is 16.1. The lowest BCUT2D eigenvalue weighted by molar-refractivity contribution is -0.125. The van der Waals surface area contributed by atoms with Crippen molar-refractivity contribution < 1.29 is 4.79 Å². The molecule has 0 saturated heterocycles. The summed E-state index contributed by atoms with van der Waals surface area (Å²) in [5.74, 6) is 0.895. The normalized spacial score (nSPS) is 31.7. The van der Waals surface area contributed by atoms with E-state index in [9.17, 15) is 4.79 Å². The Hall–Kier alpha value is -0.850. The summed E-state index contributed by atoms with van der Waals surface area (Å²) in [6, 6.07) is 0. The average Bonchev–Trinajstić information content (AvgIpc) is 2.14. The molecule has 1 nitrogen and oxygen atoms in total. The molecule has 0 aromatic heterocycles. The first-order chi connectivity index (χ1) is 7.74. The van der Waals surface area contributed by atoms with Crippen LogP contribution < -0.4 is 0 Å². The number of carbonyl (C=O) groups is 1. The molecule has 0 aliphatic heterocycles. The van der Waals surface area contributed by atoms with Gasteiger partial charge in [-0.15, -0.1) is 0 Å². The summed E-state index contributed by atoms with van der Waals surface area (Å²) in [6.07, 6.45) is 7.76. The van der Waals surface area contributed by atoms with Crippen molar-refractivity contribution in [1.29, 1.82) is 0 Å². The fourth-order valence-electron chi connectivity index (χ4n) is 3.05. The van der Waals surface area contributed by atoms with Crippen LogP contribution in [0.15, 0.2) is 23.8 Å². The van der Waals surface area contributed by atoms with Gasteiger partial charge in [-0.05, 0) is 23.7 Å². The zero-order chi connectivity index (χ0) is 13.3. The minimum Gasteiger partial charge on any atom is -0.300 e. The Labute approximate surface area is 106 Å². The molecule has 1 rings (SSSR count). The molecule has 0 aromatic carbocycles. The van der Waals surface area contributed by atoms with E-state index < -0.39 is 0 Å². The van der Waals surface area contributed by atoms with E-state index in [0.29, 0.717) is 24.5 Å². The number of Topliss-reactive ketones (excluding diaryl/α,β-unsaturated/α-hetero) is 1. The van der Waals surface area contributed by atoms with Crippen molar-refractivity contribution in [2.75, 3.05) is 0 Å². The maximum atomic E-state index is 12.0. The number of ketones is 1.